The van der Waals surface area contributed by atoms with Gasteiger partial charge in [-0.1, -0.05) is 0 Å². The van der Waals surface area contributed by atoms with Crippen molar-refractivity contribution in [3.05, 3.63) is 41.6 Å². The lowest BCUT2D eigenvalue weighted by Gasteiger charge is -2.19. The Labute approximate surface area is 125 Å². The van der Waals surface area contributed by atoms with Gasteiger partial charge in [0.15, 0.2) is 0 Å². The van der Waals surface area contributed by atoms with Crippen molar-refractivity contribution in [1.82, 2.24) is 15.0 Å². The highest BCUT2D eigenvalue weighted by Gasteiger charge is 2.25. The summed E-state index contributed by atoms with van der Waals surface area (Å²) < 4.78 is 6.09. The van der Waals surface area contributed by atoms with E-state index in [9.17, 15) is 0 Å². The van der Waals surface area contributed by atoms with E-state index in [2.05, 4.69) is 19.9 Å². The van der Waals surface area contributed by atoms with Crippen LogP contribution in [0.25, 0.3) is 0 Å². The van der Waals surface area contributed by atoms with Gasteiger partial charge in [0.1, 0.15) is 23.5 Å². The molecule has 2 aromatic heterocycles. The monoisotopic (exact) mass is 284 g/mol. The highest BCUT2D eigenvalue weighted by molar-refractivity contribution is 5.41. The molecule has 0 spiro atoms. The zero-order valence-corrected chi connectivity index (χ0v) is 12.7. The molecule has 0 saturated carbocycles. The first-order valence-electron chi connectivity index (χ1n) is 7.26. The standard InChI is InChI=1S/C16H20N4O/c1-11-9-17-6-4-15(11)21-14-5-7-20(10-14)16-8-12(2)18-13(3)19-16/h4,6,8-9,14H,5,7,10H2,1-3H3. The molecule has 5 nitrogen and oxygen atoms in total. The molecule has 0 aromatic carbocycles. The van der Waals surface area contributed by atoms with Crippen LogP contribution in [0.2, 0.25) is 0 Å². The summed E-state index contributed by atoms with van der Waals surface area (Å²) in [5.41, 5.74) is 2.08. The highest BCUT2D eigenvalue weighted by atomic mass is 16.5. The number of hydrogen-bond donors (Lipinski definition) is 0. The Bertz CT molecular complexity index is 624. The second-order valence-electron chi connectivity index (χ2n) is 5.53. The molecule has 0 radical (unpaired) electrons. The fourth-order valence-corrected chi connectivity index (χ4v) is 2.66. The average molecular weight is 284 g/mol. The van der Waals surface area contributed by atoms with E-state index < -0.39 is 0 Å². The van der Waals surface area contributed by atoms with E-state index in [1.165, 1.54) is 0 Å². The third kappa shape index (κ3) is 3.12. The molecule has 3 heterocycles. The van der Waals surface area contributed by atoms with Gasteiger partial charge in [-0.05, 0) is 26.8 Å². The number of pyridine rings is 1. The molecule has 5 heteroatoms. The van der Waals surface area contributed by atoms with Crippen LogP contribution >= 0.6 is 0 Å². The molecular formula is C16H20N4O. The Morgan fingerprint density at radius 2 is 2.10 bits per heavy atom. The minimum absolute atomic E-state index is 0.196. The summed E-state index contributed by atoms with van der Waals surface area (Å²) in [4.78, 5) is 15.2. The lowest BCUT2D eigenvalue weighted by atomic mass is 10.2. The molecule has 1 saturated heterocycles. The maximum atomic E-state index is 6.09. The van der Waals surface area contributed by atoms with E-state index in [1.807, 2.05) is 39.1 Å². The number of nitrogens with zero attached hydrogens (tertiary/aromatic N) is 4. The molecule has 110 valence electrons. The van der Waals surface area contributed by atoms with E-state index in [0.717, 1.165) is 48.2 Å². The van der Waals surface area contributed by atoms with Crippen LogP contribution < -0.4 is 9.64 Å². The first-order valence-corrected chi connectivity index (χ1v) is 7.26. The Kier molecular flexibility index (Phi) is 3.73. The Balaban J connectivity index is 1.69. The van der Waals surface area contributed by atoms with Crippen LogP contribution in [0.15, 0.2) is 24.5 Å². The predicted molar refractivity (Wildman–Crippen MR) is 81.7 cm³/mol. The summed E-state index contributed by atoms with van der Waals surface area (Å²) in [6, 6.07) is 3.96. The van der Waals surface area contributed by atoms with Crippen LogP contribution in [0.3, 0.4) is 0 Å². The predicted octanol–water partition coefficient (Wildman–Crippen LogP) is 2.45. The smallest absolute Gasteiger partial charge is 0.132 e. The number of hydrogen-bond acceptors (Lipinski definition) is 5. The number of aromatic nitrogens is 3. The lowest BCUT2D eigenvalue weighted by Crippen LogP contribution is -2.25. The maximum Gasteiger partial charge on any atom is 0.132 e. The van der Waals surface area contributed by atoms with Crippen LogP contribution in [-0.4, -0.2) is 34.1 Å². The van der Waals surface area contributed by atoms with Gasteiger partial charge in [-0.15, -0.1) is 0 Å². The van der Waals surface area contributed by atoms with Crippen molar-refractivity contribution in [3.8, 4) is 5.75 Å². The average Bonchev–Trinajstić information content (AvgIpc) is 2.89. The highest BCUT2D eigenvalue weighted by Crippen LogP contribution is 2.24. The van der Waals surface area contributed by atoms with Crippen molar-refractivity contribution < 1.29 is 4.74 Å². The molecule has 0 N–H and O–H groups in total. The zero-order valence-electron chi connectivity index (χ0n) is 12.7. The summed E-state index contributed by atoms with van der Waals surface area (Å²) in [7, 11) is 0. The lowest BCUT2D eigenvalue weighted by molar-refractivity contribution is 0.223. The van der Waals surface area contributed by atoms with Crippen molar-refractivity contribution in [1.29, 1.82) is 0 Å². The molecule has 0 bridgehead atoms. The SMILES string of the molecule is Cc1cc(N2CCC(Oc3ccncc3C)C2)nc(C)n1. The van der Waals surface area contributed by atoms with E-state index in [1.54, 1.807) is 6.20 Å². The molecule has 0 aliphatic carbocycles. The molecule has 2 aromatic rings. The van der Waals surface area contributed by atoms with Gasteiger partial charge in [0.05, 0.1) is 6.54 Å². The molecule has 21 heavy (non-hydrogen) atoms. The van der Waals surface area contributed by atoms with Gasteiger partial charge < -0.3 is 9.64 Å². The fraction of sp³-hybridized carbons (Fsp3) is 0.438. The topological polar surface area (TPSA) is 51.1 Å². The molecule has 1 unspecified atom stereocenters. The number of ether oxygens (including phenoxy) is 1. The Morgan fingerprint density at radius 1 is 1.24 bits per heavy atom. The van der Waals surface area contributed by atoms with Gasteiger partial charge in [-0.25, -0.2) is 9.97 Å². The van der Waals surface area contributed by atoms with Crippen LogP contribution in [0.4, 0.5) is 5.82 Å². The molecule has 1 atom stereocenters. The van der Waals surface area contributed by atoms with Crippen molar-refractivity contribution >= 4 is 5.82 Å². The molecule has 1 aliphatic rings. The zero-order chi connectivity index (χ0) is 14.8. The number of aryl methyl sites for hydroxylation is 3. The fourth-order valence-electron chi connectivity index (χ4n) is 2.66. The Hall–Kier alpha value is -2.17. The Morgan fingerprint density at radius 3 is 2.86 bits per heavy atom. The largest absolute Gasteiger partial charge is 0.488 e. The first kappa shape index (κ1) is 13.8. The first-order chi connectivity index (χ1) is 10.1. The van der Waals surface area contributed by atoms with E-state index >= 15 is 0 Å². The van der Waals surface area contributed by atoms with Gasteiger partial charge in [0.2, 0.25) is 0 Å². The van der Waals surface area contributed by atoms with E-state index in [0.29, 0.717) is 0 Å². The number of rotatable bonds is 3. The summed E-state index contributed by atoms with van der Waals surface area (Å²) >= 11 is 0. The van der Waals surface area contributed by atoms with Gasteiger partial charge in [0.25, 0.3) is 0 Å². The van der Waals surface area contributed by atoms with E-state index in [4.69, 9.17) is 4.74 Å². The quantitative estimate of drug-likeness (QED) is 0.866. The minimum Gasteiger partial charge on any atom is -0.488 e. The van der Waals surface area contributed by atoms with Gasteiger partial charge in [-0.3, -0.25) is 4.98 Å². The molecule has 0 amide bonds. The van der Waals surface area contributed by atoms with Crippen LogP contribution in [-0.2, 0) is 0 Å². The van der Waals surface area contributed by atoms with Crippen LogP contribution in [0.1, 0.15) is 23.5 Å². The van der Waals surface area contributed by atoms with Crippen molar-refractivity contribution in [2.24, 2.45) is 0 Å². The van der Waals surface area contributed by atoms with Crippen molar-refractivity contribution in [2.75, 3.05) is 18.0 Å². The van der Waals surface area contributed by atoms with Crippen molar-refractivity contribution in [3.63, 3.8) is 0 Å². The summed E-state index contributed by atoms with van der Waals surface area (Å²) in [6.07, 6.45) is 4.80. The number of anilines is 1. The maximum absolute atomic E-state index is 6.09. The third-order valence-corrected chi connectivity index (χ3v) is 3.68. The summed E-state index contributed by atoms with van der Waals surface area (Å²) in [6.45, 7) is 7.78. The molecule has 3 rings (SSSR count). The summed E-state index contributed by atoms with van der Waals surface area (Å²) in [5.74, 6) is 2.74. The van der Waals surface area contributed by atoms with E-state index in [-0.39, 0.29) is 6.10 Å². The molecule has 1 aliphatic heterocycles. The normalized spacial score (nSPS) is 18.0. The second-order valence-corrected chi connectivity index (χ2v) is 5.53. The van der Waals surface area contributed by atoms with Gasteiger partial charge >= 0.3 is 0 Å². The minimum atomic E-state index is 0.196. The van der Waals surface area contributed by atoms with Gasteiger partial charge in [-0.2, -0.15) is 0 Å². The second kappa shape index (κ2) is 5.68. The van der Waals surface area contributed by atoms with Crippen LogP contribution in [0, 0.1) is 20.8 Å². The summed E-state index contributed by atoms with van der Waals surface area (Å²) in [5, 5.41) is 0. The third-order valence-electron chi connectivity index (χ3n) is 3.68. The van der Waals surface area contributed by atoms with Gasteiger partial charge in [0, 0.05) is 42.7 Å². The van der Waals surface area contributed by atoms with Crippen LogP contribution in [0.5, 0.6) is 5.75 Å². The molecular weight excluding hydrogens is 264 g/mol. The molecule has 1 fully saturated rings. The van der Waals surface area contributed by atoms with Crippen molar-refractivity contribution in [2.45, 2.75) is 33.3 Å².